The lowest BCUT2D eigenvalue weighted by molar-refractivity contribution is -0.0237. The van der Waals surface area contributed by atoms with E-state index >= 15 is 0 Å². The summed E-state index contributed by atoms with van der Waals surface area (Å²) in [6.45, 7) is 1.96. The van der Waals surface area contributed by atoms with Crippen molar-refractivity contribution in [3.05, 3.63) is 71.8 Å². The molecule has 0 aromatic heterocycles. The number of unbranched alkanes of at least 4 members (excludes halogenated alkanes) is 22. The Labute approximate surface area is 358 Å². The number of hydrogen-bond donors (Lipinski definition) is 0. The summed E-state index contributed by atoms with van der Waals surface area (Å²) in [4.78, 5) is 0. The zero-order valence-corrected chi connectivity index (χ0v) is 38.0. The summed E-state index contributed by atoms with van der Waals surface area (Å²) in [6, 6.07) is 22.3. The molecule has 2 aliphatic rings. The number of hydrogen-bond acceptors (Lipinski definition) is 3. The largest absolute Gasteiger partial charge is 0.378 e. The van der Waals surface area contributed by atoms with Crippen molar-refractivity contribution in [1.82, 2.24) is 0 Å². The molecule has 3 heteroatoms. The lowest BCUT2D eigenvalue weighted by Gasteiger charge is -2.31. The Bertz CT molecular complexity index is 1040. The second-order valence-electron chi connectivity index (χ2n) is 18.4. The average Bonchev–Trinajstić information content (AvgIpc) is 3.26. The molecule has 2 heterocycles. The first-order valence-corrected chi connectivity index (χ1v) is 26.4. The molecule has 4 rings (SSSR count). The van der Waals surface area contributed by atoms with Gasteiger partial charge in [0.15, 0.2) is 0 Å². The molecule has 2 aliphatic heterocycles. The molecule has 4 unspecified atom stereocenters. The zero-order chi connectivity index (χ0) is 39.5. The van der Waals surface area contributed by atoms with Gasteiger partial charge >= 0.3 is 0 Å². The van der Waals surface area contributed by atoms with Gasteiger partial charge in [0.2, 0.25) is 0 Å². The normalized spacial score (nSPS) is 18.5. The molecule has 2 fully saturated rings. The molecule has 57 heavy (non-hydrogen) atoms. The molecule has 2 nitrogen and oxygen atoms in total. The van der Waals surface area contributed by atoms with E-state index < -0.39 is 0 Å². The molecule has 2 aromatic carbocycles. The minimum Gasteiger partial charge on any atom is -0.378 e. The summed E-state index contributed by atoms with van der Waals surface area (Å²) in [5.41, 5.74) is 2.98. The zero-order valence-electron chi connectivity index (χ0n) is 37.2. The Hall–Kier alpha value is -1.29. The smallest absolute Gasteiger partial charge is 0.0606 e. The average molecular weight is 803 g/mol. The Kier molecular flexibility index (Phi) is 29.2. The molecule has 324 valence electrons. The molecule has 0 radical (unpaired) electrons. The molecule has 0 amide bonds. The number of rotatable bonds is 36. The molecule has 2 aromatic rings. The Morgan fingerprint density at radius 1 is 0.386 bits per heavy atom. The van der Waals surface area contributed by atoms with Gasteiger partial charge in [-0.3, -0.25) is 0 Å². The summed E-state index contributed by atoms with van der Waals surface area (Å²) in [5, 5.41) is 0. The van der Waals surface area contributed by atoms with E-state index in [1.54, 1.807) is 0 Å². The van der Waals surface area contributed by atoms with Crippen molar-refractivity contribution < 1.29 is 9.47 Å². The number of thioether (sulfide) groups is 1. The molecule has 0 spiro atoms. The van der Waals surface area contributed by atoms with Crippen molar-refractivity contribution in [3.63, 3.8) is 0 Å². The van der Waals surface area contributed by atoms with E-state index in [2.05, 4.69) is 72.4 Å². The van der Waals surface area contributed by atoms with Crippen molar-refractivity contribution >= 4 is 11.8 Å². The highest BCUT2D eigenvalue weighted by atomic mass is 32.2. The molecule has 0 saturated carbocycles. The molecule has 2 saturated heterocycles. The lowest BCUT2D eigenvalue weighted by atomic mass is 9.85. The van der Waals surface area contributed by atoms with Gasteiger partial charge in [-0.2, -0.15) is 11.8 Å². The molecular weight excluding hydrogens is 713 g/mol. The van der Waals surface area contributed by atoms with Crippen LogP contribution in [0.15, 0.2) is 60.7 Å². The van der Waals surface area contributed by atoms with Crippen LogP contribution in [0.1, 0.15) is 217 Å². The molecule has 4 atom stereocenters. The van der Waals surface area contributed by atoms with Gasteiger partial charge in [-0.05, 0) is 112 Å². The summed E-state index contributed by atoms with van der Waals surface area (Å²) < 4.78 is 12.5. The van der Waals surface area contributed by atoms with E-state index in [0.717, 1.165) is 13.2 Å². The Morgan fingerprint density at radius 3 is 1.02 bits per heavy atom. The third-order valence-electron chi connectivity index (χ3n) is 13.4. The maximum absolute atomic E-state index is 6.24. The second kappa shape index (κ2) is 34.4. The first-order chi connectivity index (χ1) is 28.4. The van der Waals surface area contributed by atoms with Crippen LogP contribution >= 0.6 is 11.8 Å². The fraction of sp³-hybridized carbons (Fsp3) is 0.778. The quantitative estimate of drug-likeness (QED) is 0.0640. The van der Waals surface area contributed by atoms with E-state index in [4.69, 9.17) is 9.47 Å². The fourth-order valence-corrected chi connectivity index (χ4v) is 10.8. The van der Waals surface area contributed by atoms with Crippen LogP contribution in [0.25, 0.3) is 0 Å². The maximum atomic E-state index is 6.24. The van der Waals surface area contributed by atoms with Gasteiger partial charge < -0.3 is 9.47 Å². The molecule has 0 aliphatic carbocycles. The summed E-state index contributed by atoms with van der Waals surface area (Å²) in [6.07, 6.45) is 48.4. The van der Waals surface area contributed by atoms with Gasteiger partial charge in [0.1, 0.15) is 0 Å². The van der Waals surface area contributed by atoms with Crippen LogP contribution in [-0.2, 0) is 22.3 Å². The van der Waals surface area contributed by atoms with E-state index in [0.29, 0.717) is 24.0 Å². The second-order valence-corrected chi connectivity index (χ2v) is 19.6. The minimum atomic E-state index is 0.492. The molecule has 0 N–H and O–H groups in total. The van der Waals surface area contributed by atoms with Crippen molar-refractivity contribution in [2.75, 3.05) is 24.7 Å². The van der Waals surface area contributed by atoms with Crippen molar-refractivity contribution in [2.24, 2.45) is 11.8 Å². The molecular formula is C54H90O2S. The van der Waals surface area contributed by atoms with Crippen LogP contribution in [0, 0.1) is 11.8 Å². The lowest BCUT2D eigenvalue weighted by Crippen LogP contribution is -2.29. The van der Waals surface area contributed by atoms with Crippen LogP contribution in [0.3, 0.4) is 0 Å². The highest BCUT2D eigenvalue weighted by Crippen LogP contribution is 2.30. The van der Waals surface area contributed by atoms with Crippen molar-refractivity contribution in [1.29, 1.82) is 0 Å². The SMILES string of the molecule is c1ccc(CC(CCCCCCCCCCCCCCSCCCCCCCCCCCCCCC(Cc2ccccc2)C2CCCCO2)C2CCCCO2)cc1. The van der Waals surface area contributed by atoms with E-state index in [9.17, 15) is 0 Å². The van der Waals surface area contributed by atoms with Crippen molar-refractivity contribution in [3.8, 4) is 0 Å². The maximum Gasteiger partial charge on any atom is 0.0606 e. The van der Waals surface area contributed by atoms with Gasteiger partial charge in [0, 0.05) is 13.2 Å². The number of ether oxygens (including phenoxy) is 2. The standard InChI is InChI=1S/C54H90O2S/c1(5-9-13-17-27-39-51(53-41-29-31-43-55-53)47-49-35-23-21-24-36-49)3-7-11-15-19-33-45-57-46-34-20-16-12-8-4-2-6-10-14-18-28-40-52(54-42-30-32-44-56-54)48-50-37-25-22-26-38-50/h21-26,35-38,51-54H,1-20,27-34,39-48H2. The Balaban J connectivity index is 0.818. The van der Waals surface area contributed by atoms with Crippen LogP contribution in [0.2, 0.25) is 0 Å². The molecule has 0 bridgehead atoms. The first-order valence-electron chi connectivity index (χ1n) is 25.3. The third-order valence-corrected chi connectivity index (χ3v) is 14.5. The summed E-state index contributed by atoms with van der Waals surface area (Å²) in [7, 11) is 0. The fourth-order valence-electron chi connectivity index (χ4n) is 9.81. The Morgan fingerprint density at radius 2 is 0.702 bits per heavy atom. The van der Waals surface area contributed by atoms with Crippen LogP contribution in [0.4, 0.5) is 0 Å². The van der Waals surface area contributed by atoms with E-state index in [1.165, 1.54) is 241 Å². The van der Waals surface area contributed by atoms with E-state index in [-0.39, 0.29) is 0 Å². The van der Waals surface area contributed by atoms with Crippen LogP contribution < -0.4 is 0 Å². The van der Waals surface area contributed by atoms with Gasteiger partial charge in [-0.15, -0.1) is 0 Å². The van der Waals surface area contributed by atoms with Crippen molar-refractivity contribution in [2.45, 2.75) is 231 Å². The monoisotopic (exact) mass is 803 g/mol. The van der Waals surface area contributed by atoms with Gasteiger partial charge in [0.05, 0.1) is 12.2 Å². The van der Waals surface area contributed by atoms with E-state index in [1.807, 2.05) is 0 Å². The van der Waals surface area contributed by atoms with Gasteiger partial charge in [0.25, 0.3) is 0 Å². The topological polar surface area (TPSA) is 18.5 Å². The summed E-state index contributed by atoms with van der Waals surface area (Å²) in [5.74, 6) is 4.19. The van der Waals surface area contributed by atoms with Gasteiger partial charge in [-0.25, -0.2) is 0 Å². The first kappa shape index (κ1) is 48.4. The predicted molar refractivity (Wildman–Crippen MR) is 252 cm³/mol. The highest BCUT2D eigenvalue weighted by molar-refractivity contribution is 7.99. The summed E-state index contributed by atoms with van der Waals surface area (Å²) >= 11 is 2.22. The third kappa shape index (κ3) is 24.5. The highest BCUT2D eigenvalue weighted by Gasteiger charge is 2.25. The minimum absolute atomic E-state index is 0.492. The van der Waals surface area contributed by atoms with Crippen LogP contribution in [-0.4, -0.2) is 36.9 Å². The van der Waals surface area contributed by atoms with Crippen LogP contribution in [0.5, 0.6) is 0 Å². The predicted octanol–water partition coefficient (Wildman–Crippen LogP) is 16.7. The number of benzene rings is 2. The van der Waals surface area contributed by atoms with Gasteiger partial charge in [-0.1, -0.05) is 202 Å².